The van der Waals surface area contributed by atoms with Crippen LogP contribution in [0.5, 0.6) is 0 Å². The summed E-state index contributed by atoms with van der Waals surface area (Å²) in [5.74, 6) is 0.673. The summed E-state index contributed by atoms with van der Waals surface area (Å²) in [6.45, 7) is 4.37. The van der Waals surface area contributed by atoms with Crippen molar-refractivity contribution in [2.24, 2.45) is 4.99 Å². The first-order valence-corrected chi connectivity index (χ1v) is 7.14. The first-order valence-electron chi connectivity index (χ1n) is 7.14. The summed E-state index contributed by atoms with van der Waals surface area (Å²) >= 11 is 0. The summed E-state index contributed by atoms with van der Waals surface area (Å²) in [4.78, 5) is 4.30. The van der Waals surface area contributed by atoms with Crippen molar-refractivity contribution in [2.45, 2.75) is 19.5 Å². The van der Waals surface area contributed by atoms with Crippen molar-refractivity contribution >= 4 is 29.9 Å². The minimum Gasteiger partial charge on any atom is -0.383 e. The van der Waals surface area contributed by atoms with Gasteiger partial charge in [0.2, 0.25) is 0 Å². The summed E-state index contributed by atoms with van der Waals surface area (Å²) in [7, 11) is 1.61. The molecule has 4 nitrogen and oxygen atoms in total. The van der Waals surface area contributed by atoms with Gasteiger partial charge in [-0.1, -0.05) is 12.1 Å². The van der Waals surface area contributed by atoms with Crippen molar-refractivity contribution in [3.63, 3.8) is 0 Å². The summed E-state index contributed by atoms with van der Waals surface area (Å²) in [5.41, 5.74) is 0.215. The predicted molar refractivity (Wildman–Crippen MR) is 96.4 cm³/mol. The van der Waals surface area contributed by atoms with E-state index < -0.39 is 11.7 Å². The number of rotatable bonds is 7. The Labute approximate surface area is 151 Å². The van der Waals surface area contributed by atoms with E-state index in [9.17, 15) is 13.2 Å². The average Bonchev–Trinajstić information content (AvgIpc) is 2.47. The zero-order valence-corrected chi connectivity index (χ0v) is 15.6. The van der Waals surface area contributed by atoms with E-state index >= 15 is 0 Å². The van der Waals surface area contributed by atoms with E-state index in [-0.39, 0.29) is 24.0 Å². The van der Waals surface area contributed by atoms with Crippen molar-refractivity contribution in [2.75, 3.05) is 33.4 Å². The highest BCUT2D eigenvalue weighted by molar-refractivity contribution is 14.0. The molecule has 132 valence electrons. The van der Waals surface area contributed by atoms with E-state index in [4.69, 9.17) is 4.74 Å². The van der Waals surface area contributed by atoms with E-state index in [0.717, 1.165) is 24.2 Å². The van der Waals surface area contributed by atoms with E-state index in [0.29, 0.717) is 32.1 Å². The minimum atomic E-state index is -4.29. The van der Waals surface area contributed by atoms with Crippen molar-refractivity contribution in [1.29, 1.82) is 0 Å². The van der Waals surface area contributed by atoms with Gasteiger partial charge in [0.25, 0.3) is 0 Å². The van der Waals surface area contributed by atoms with Gasteiger partial charge < -0.3 is 15.4 Å². The molecule has 1 aromatic rings. The second-order valence-corrected chi connectivity index (χ2v) is 4.62. The molecule has 2 N–H and O–H groups in total. The van der Waals surface area contributed by atoms with Crippen LogP contribution in [-0.4, -0.2) is 39.3 Å². The Balaban J connectivity index is 0.00000484. The van der Waals surface area contributed by atoms with Gasteiger partial charge in [0.1, 0.15) is 0 Å². The molecule has 0 fully saturated rings. The number of alkyl halides is 3. The largest absolute Gasteiger partial charge is 0.416 e. The lowest BCUT2D eigenvalue weighted by molar-refractivity contribution is -0.137. The third kappa shape index (κ3) is 8.99. The van der Waals surface area contributed by atoms with Crippen LogP contribution < -0.4 is 10.6 Å². The van der Waals surface area contributed by atoms with Gasteiger partial charge in [-0.3, -0.25) is 4.99 Å². The highest BCUT2D eigenvalue weighted by Crippen LogP contribution is 2.29. The molecule has 1 rings (SSSR count). The van der Waals surface area contributed by atoms with E-state index in [1.807, 2.05) is 6.92 Å². The fourth-order valence-electron chi connectivity index (χ4n) is 1.78. The number of nitrogens with zero attached hydrogens (tertiary/aromatic N) is 1. The van der Waals surface area contributed by atoms with Gasteiger partial charge >= 0.3 is 6.18 Å². The molecule has 0 amide bonds. The van der Waals surface area contributed by atoms with Crippen LogP contribution in [0.25, 0.3) is 0 Å². The molecule has 0 heterocycles. The predicted octanol–water partition coefficient (Wildman–Crippen LogP) is 3.07. The number of hydrogen-bond donors (Lipinski definition) is 2. The molecule has 0 saturated carbocycles. The van der Waals surface area contributed by atoms with Crippen LogP contribution in [-0.2, 0) is 17.3 Å². The smallest absolute Gasteiger partial charge is 0.383 e. The minimum absolute atomic E-state index is 0. The molecule has 0 radical (unpaired) electrons. The Hall–Kier alpha value is -1.03. The Bertz CT molecular complexity index is 464. The Morgan fingerprint density at radius 2 is 1.83 bits per heavy atom. The van der Waals surface area contributed by atoms with Crippen molar-refractivity contribution in [3.8, 4) is 0 Å². The number of nitrogens with one attached hydrogen (secondary N) is 2. The Morgan fingerprint density at radius 3 is 2.35 bits per heavy atom. The number of ether oxygens (including phenoxy) is 1. The van der Waals surface area contributed by atoms with Gasteiger partial charge in [0.05, 0.1) is 18.7 Å². The number of benzene rings is 1. The molecular formula is C15H23F3IN3O. The fraction of sp³-hybridized carbons (Fsp3) is 0.533. The quantitative estimate of drug-likeness (QED) is 0.294. The second-order valence-electron chi connectivity index (χ2n) is 4.62. The zero-order chi connectivity index (χ0) is 16.4. The molecule has 0 unspecified atom stereocenters. The SMILES string of the molecule is CCNC(=NCCOC)NCCc1ccc(C(F)(F)F)cc1.I. The molecule has 1 aromatic carbocycles. The molecule has 23 heavy (non-hydrogen) atoms. The summed E-state index contributed by atoms with van der Waals surface area (Å²) in [6.07, 6.45) is -3.67. The highest BCUT2D eigenvalue weighted by atomic mass is 127. The van der Waals surface area contributed by atoms with E-state index in [1.54, 1.807) is 7.11 Å². The maximum Gasteiger partial charge on any atom is 0.416 e. The molecule has 0 saturated heterocycles. The monoisotopic (exact) mass is 445 g/mol. The number of hydrogen-bond acceptors (Lipinski definition) is 2. The lowest BCUT2D eigenvalue weighted by Gasteiger charge is -2.12. The number of aliphatic imine (C=N–C) groups is 1. The third-order valence-electron chi connectivity index (χ3n) is 2.90. The standard InChI is InChI=1S/C15H22F3N3O.HI/c1-3-19-14(21-10-11-22-2)20-9-8-12-4-6-13(7-5-12)15(16,17)18;/h4-7H,3,8-11H2,1-2H3,(H2,19,20,21);1H. The third-order valence-corrected chi connectivity index (χ3v) is 2.90. The molecule has 0 aromatic heterocycles. The van der Waals surface area contributed by atoms with Crippen molar-refractivity contribution < 1.29 is 17.9 Å². The van der Waals surface area contributed by atoms with Crippen molar-refractivity contribution in [1.82, 2.24) is 10.6 Å². The summed E-state index contributed by atoms with van der Waals surface area (Å²) in [5, 5.41) is 6.23. The fourth-order valence-corrected chi connectivity index (χ4v) is 1.78. The Kier molecular flexibility index (Phi) is 11.0. The van der Waals surface area contributed by atoms with E-state index in [1.165, 1.54) is 12.1 Å². The summed E-state index contributed by atoms with van der Waals surface area (Å²) in [6, 6.07) is 5.21. The Morgan fingerprint density at radius 1 is 1.17 bits per heavy atom. The van der Waals surface area contributed by atoms with Gasteiger partial charge in [-0.2, -0.15) is 13.2 Å². The lowest BCUT2D eigenvalue weighted by atomic mass is 10.1. The molecule has 0 aliphatic heterocycles. The molecule has 0 aliphatic rings. The maximum absolute atomic E-state index is 12.5. The number of guanidine groups is 1. The van der Waals surface area contributed by atoms with Gasteiger partial charge in [0.15, 0.2) is 5.96 Å². The molecule has 0 aliphatic carbocycles. The lowest BCUT2D eigenvalue weighted by Crippen LogP contribution is -2.38. The normalized spacial score (nSPS) is 11.8. The highest BCUT2D eigenvalue weighted by Gasteiger charge is 2.29. The average molecular weight is 445 g/mol. The van der Waals surface area contributed by atoms with Crippen LogP contribution in [0.4, 0.5) is 13.2 Å². The van der Waals surface area contributed by atoms with Crippen LogP contribution in [0.15, 0.2) is 29.3 Å². The topological polar surface area (TPSA) is 45.7 Å². The maximum atomic E-state index is 12.5. The van der Waals surface area contributed by atoms with Gasteiger partial charge in [-0.05, 0) is 31.0 Å². The molecule has 0 bridgehead atoms. The van der Waals surface area contributed by atoms with Crippen LogP contribution in [0.3, 0.4) is 0 Å². The molecule has 0 spiro atoms. The number of methoxy groups -OCH3 is 1. The zero-order valence-electron chi connectivity index (χ0n) is 13.2. The van der Waals surface area contributed by atoms with Gasteiger partial charge in [-0.25, -0.2) is 0 Å². The van der Waals surface area contributed by atoms with Crippen LogP contribution >= 0.6 is 24.0 Å². The molecule has 0 atom stereocenters. The second kappa shape index (κ2) is 11.5. The summed E-state index contributed by atoms with van der Waals surface area (Å²) < 4.78 is 42.3. The first-order chi connectivity index (χ1) is 10.5. The molecular weight excluding hydrogens is 422 g/mol. The number of halogens is 4. The van der Waals surface area contributed by atoms with Gasteiger partial charge in [0, 0.05) is 20.2 Å². The van der Waals surface area contributed by atoms with Crippen LogP contribution in [0, 0.1) is 0 Å². The first kappa shape index (κ1) is 22.0. The molecule has 8 heteroatoms. The van der Waals surface area contributed by atoms with Crippen molar-refractivity contribution in [3.05, 3.63) is 35.4 Å². The van der Waals surface area contributed by atoms with Crippen LogP contribution in [0.1, 0.15) is 18.1 Å². The van der Waals surface area contributed by atoms with E-state index in [2.05, 4.69) is 15.6 Å². The van der Waals surface area contributed by atoms with Gasteiger partial charge in [-0.15, -0.1) is 24.0 Å². The van der Waals surface area contributed by atoms with Crippen LogP contribution in [0.2, 0.25) is 0 Å².